The topological polar surface area (TPSA) is 29.5 Å². The van der Waals surface area contributed by atoms with E-state index in [-0.39, 0.29) is 17.7 Å². The Hall–Kier alpha value is -1.35. The molecule has 1 atom stereocenters. The minimum Gasteiger partial charge on any atom is -0.353 e. The van der Waals surface area contributed by atoms with Crippen LogP contribution in [0.4, 0.5) is 0 Å². The molecule has 0 bridgehead atoms. The van der Waals surface area contributed by atoms with Crippen molar-refractivity contribution in [1.29, 1.82) is 0 Å². The summed E-state index contributed by atoms with van der Waals surface area (Å²) in [7, 11) is 0. The fourth-order valence-electron chi connectivity index (χ4n) is 3.83. The van der Waals surface area contributed by atoms with E-state index in [9.17, 15) is 4.79 Å². The lowest BCUT2D eigenvalue weighted by Gasteiger charge is -2.37. The van der Waals surface area contributed by atoms with Crippen LogP contribution in [0.1, 0.15) is 56.3 Å². The molecule has 2 fully saturated rings. The Bertz CT molecular complexity index is 491. The quantitative estimate of drug-likeness (QED) is 0.845. The molecule has 0 N–H and O–H groups in total. The second kappa shape index (κ2) is 5.80. The van der Waals surface area contributed by atoms with Crippen LogP contribution in [0.5, 0.6) is 0 Å². The lowest BCUT2D eigenvalue weighted by atomic mass is 10.00. The zero-order chi connectivity index (χ0) is 14.9. The normalized spacial score (nSPS) is 24.1. The smallest absolute Gasteiger partial charge is 0.256 e. The number of nitrogens with zero attached hydrogens (tertiary/aromatic N) is 1. The Labute approximate surface area is 127 Å². The number of amides is 1. The van der Waals surface area contributed by atoms with Gasteiger partial charge in [0.2, 0.25) is 0 Å². The number of carbonyl (C=O) groups excluding carboxylic acids is 1. The predicted octanol–water partition coefficient (Wildman–Crippen LogP) is 3.84. The minimum absolute atomic E-state index is 0.139. The fourth-order valence-corrected chi connectivity index (χ4v) is 3.83. The van der Waals surface area contributed by atoms with E-state index < -0.39 is 0 Å². The molecule has 0 aromatic heterocycles. The first-order valence-corrected chi connectivity index (χ1v) is 8.15. The molecule has 3 heteroatoms. The van der Waals surface area contributed by atoms with Crippen LogP contribution in [0, 0.1) is 5.92 Å². The number of ether oxygens (including phenoxy) is 1. The molecule has 1 aromatic rings. The van der Waals surface area contributed by atoms with Gasteiger partial charge in [0.15, 0.2) is 0 Å². The van der Waals surface area contributed by atoms with Gasteiger partial charge in [0.1, 0.15) is 5.72 Å². The molecule has 1 aromatic carbocycles. The highest BCUT2D eigenvalue weighted by molar-refractivity contribution is 5.95. The molecular weight excluding hydrogens is 262 g/mol. The van der Waals surface area contributed by atoms with E-state index in [1.54, 1.807) is 0 Å². The number of benzene rings is 1. The molecule has 114 valence electrons. The maximum Gasteiger partial charge on any atom is 0.256 e. The number of rotatable bonds is 3. The van der Waals surface area contributed by atoms with Gasteiger partial charge < -0.3 is 9.64 Å². The first kappa shape index (κ1) is 14.6. The lowest BCUT2D eigenvalue weighted by molar-refractivity contribution is -0.0645. The Kier molecular flexibility index (Phi) is 4.03. The summed E-state index contributed by atoms with van der Waals surface area (Å²) in [5.74, 6) is 0.710. The van der Waals surface area contributed by atoms with Crippen LogP contribution in [0.2, 0.25) is 0 Å². The van der Waals surface area contributed by atoms with E-state index in [0.29, 0.717) is 12.5 Å². The van der Waals surface area contributed by atoms with Crippen molar-refractivity contribution in [2.24, 2.45) is 5.92 Å². The summed E-state index contributed by atoms with van der Waals surface area (Å²) in [6.45, 7) is 5.12. The molecule has 21 heavy (non-hydrogen) atoms. The van der Waals surface area contributed by atoms with Gasteiger partial charge in [-0.1, -0.05) is 32.0 Å². The third-order valence-electron chi connectivity index (χ3n) is 4.72. The van der Waals surface area contributed by atoms with Crippen molar-refractivity contribution in [3.05, 3.63) is 35.9 Å². The number of hydrogen-bond donors (Lipinski definition) is 0. The summed E-state index contributed by atoms with van der Waals surface area (Å²) in [6.07, 6.45) is 5.31. The Morgan fingerprint density at radius 3 is 2.57 bits per heavy atom. The van der Waals surface area contributed by atoms with E-state index in [2.05, 4.69) is 18.7 Å². The summed E-state index contributed by atoms with van der Waals surface area (Å²) in [6, 6.07) is 9.86. The van der Waals surface area contributed by atoms with Crippen LogP contribution < -0.4 is 0 Å². The van der Waals surface area contributed by atoms with Gasteiger partial charge in [-0.3, -0.25) is 4.79 Å². The van der Waals surface area contributed by atoms with Crippen molar-refractivity contribution in [2.75, 3.05) is 6.61 Å². The zero-order valence-corrected chi connectivity index (χ0v) is 13.0. The predicted molar refractivity (Wildman–Crippen MR) is 83.0 cm³/mol. The summed E-state index contributed by atoms with van der Waals surface area (Å²) >= 11 is 0. The summed E-state index contributed by atoms with van der Waals surface area (Å²) in [5.41, 5.74) is 0.454. The molecule has 3 rings (SSSR count). The molecule has 1 saturated heterocycles. The molecular formula is C18H25NO2. The van der Waals surface area contributed by atoms with Crippen molar-refractivity contribution < 1.29 is 9.53 Å². The standard InChI is InChI=1S/C18H25NO2/c1-14(2)12-16-13-21-18(10-6-7-11-18)19(16)17(20)15-8-4-3-5-9-15/h3-5,8-9,14,16H,6-7,10-13H2,1-2H3/t16-/m1/s1. The van der Waals surface area contributed by atoms with Gasteiger partial charge in [-0.25, -0.2) is 0 Å². The maximum absolute atomic E-state index is 13.0. The first-order valence-electron chi connectivity index (χ1n) is 8.15. The van der Waals surface area contributed by atoms with Gasteiger partial charge in [-0.2, -0.15) is 0 Å². The van der Waals surface area contributed by atoms with Crippen LogP contribution in [0.25, 0.3) is 0 Å². The summed E-state index contributed by atoms with van der Waals surface area (Å²) in [4.78, 5) is 15.1. The summed E-state index contributed by atoms with van der Waals surface area (Å²) < 4.78 is 6.18. The highest BCUT2D eigenvalue weighted by Gasteiger charge is 2.51. The van der Waals surface area contributed by atoms with Gasteiger partial charge >= 0.3 is 0 Å². The first-order chi connectivity index (χ1) is 10.1. The van der Waals surface area contributed by atoms with Crippen molar-refractivity contribution in [3.8, 4) is 0 Å². The van der Waals surface area contributed by atoms with Crippen LogP contribution in [0.15, 0.2) is 30.3 Å². The van der Waals surface area contributed by atoms with E-state index in [0.717, 1.165) is 37.7 Å². The van der Waals surface area contributed by atoms with Crippen molar-refractivity contribution in [1.82, 2.24) is 4.90 Å². The van der Waals surface area contributed by atoms with Gasteiger partial charge in [0, 0.05) is 5.56 Å². The average Bonchev–Trinajstić information content (AvgIpc) is 3.08. The van der Waals surface area contributed by atoms with Crippen LogP contribution in [-0.2, 0) is 4.74 Å². The van der Waals surface area contributed by atoms with Crippen molar-refractivity contribution in [2.45, 2.75) is 57.7 Å². The van der Waals surface area contributed by atoms with Gasteiger partial charge in [0.05, 0.1) is 12.6 Å². The molecule has 1 heterocycles. The maximum atomic E-state index is 13.0. The van der Waals surface area contributed by atoms with Crippen LogP contribution in [-0.4, -0.2) is 29.2 Å². The molecule has 1 aliphatic heterocycles. The van der Waals surface area contributed by atoms with Gasteiger partial charge in [0.25, 0.3) is 5.91 Å². The SMILES string of the molecule is CC(C)C[C@@H]1COC2(CCCC2)N1C(=O)c1ccccc1. The Morgan fingerprint density at radius 2 is 1.95 bits per heavy atom. The third-order valence-corrected chi connectivity index (χ3v) is 4.72. The van der Waals surface area contributed by atoms with Crippen molar-refractivity contribution in [3.63, 3.8) is 0 Å². The van der Waals surface area contributed by atoms with Crippen molar-refractivity contribution >= 4 is 5.91 Å². The van der Waals surface area contributed by atoms with Crippen LogP contribution >= 0.6 is 0 Å². The fraction of sp³-hybridized carbons (Fsp3) is 0.611. The molecule has 1 aliphatic carbocycles. The second-order valence-electron chi connectivity index (χ2n) is 6.79. The van der Waals surface area contributed by atoms with Gasteiger partial charge in [-0.15, -0.1) is 0 Å². The molecule has 0 radical (unpaired) electrons. The molecule has 3 nitrogen and oxygen atoms in total. The van der Waals surface area contributed by atoms with E-state index in [4.69, 9.17) is 4.74 Å². The highest BCUT2D eigenvalue weighted by Crippen LogP contribution is 2.43. The van der Waals surface area contributed by atoms with Gasteiger partial charge in [-0.05, 0) is 50.2 Å². The second-order valence-corrected chi connectivity index (χ2v) is 6.79. The number of carbonyl (C=O) groups is 1. The van der Waals surface area contributed by atoms with Crippen LogP contribution in [0.3, 0.4) is 0 Å². The largest absolute Gasteiger partial charge is 0.353 e. The number of hydrogen-bond acceptors (Lipinski definition) is 2. The Morgan fingerprint density at radius 1 is 1.29 bits per heavy atom. The minimum atomic E-state index is -0.327. The van der Waals surface area contributed by atoms with E-state index >= 15 is 0 Å². The zero-order valence-electron chi connectivity index (χ0n) is 13.0. The van der Waals surface area contributed by atoms with E-state index in [1.165, 1.54) is 0 Å². The molecule has 1 amide bonds. The molecule has 1 saturated carbocycles. The van der Waals surface area contributed by atoms with E-state index in [1.807, 2.05) is 30.3 Å². The Balaban J connectivity index is 1.90. The lowest BCUT2D eigenvalue weighted by Crippen LogP contribution is -2.50. The molecule has 2 aliphatic rings. The average molecular weight is 287 g/mol. The monoisotopic (exact) mass is 287 g/mol. The molecule has 1 spiro atoms. The molecule has 0 unspecified atom stereocenters. The summed E-state index contributed by atoms with van der Waals surface area (Å²) in [5, 5.41) is 0. The third kappa shape index (κ3) is 2.71. The highest BCUT2D eigenvalue weighted by atomic mass is 16.5.